The highest BCUT2D eigenvalue weighted by atomic mass is 79.9. The number of hydrogen-bond donors (Lipinski definition) is 0. The summed E-state index contributed by atoms with van der Waals surface area (Å²) in [7, 11) is 1.65. The van der Waals surface area contributed by atoms with Crippen LogP contribution in [0.2, 0.25) is 0 Å². The van der Waals surface area contributed by atoms with Gasteiger partial charge in [-0.05, 0) is 63.7 Å². The Balaban J connectivity index is 1.67. The Morgan fingerprint density at radius 3 is 2.52 bits per heavy atom. The van der Waals surface area contributed by atoms with Crippen LogP contribution in [0.5, 0.6) is 5.75 Å². The van der Waals surface area contributed by atoms with Crippen LogP contribution >= 0.6 is 15.9 Å². The van der Waals surface area contributed by atoms with Crippen molar-refractivity contribution < 1.29 is 14.3 Å². The third kappa shape index (κ3) is 4.15. The van der Waals surface area contributed by atoms with Crippen molar-refractivity contribution in [2.75, 3.05) is 12.0 Å². The summed E-state index contributed by atoms with van der Waals surface area (Å²) in [6, 6.07) is 23.6. The highest BCUT2D eigenvalue weighted by Crippen LogP contribution is 2.43. The van der Waals surface area contributed by atoms with E-state index >= 15 is 0 Å². The van der Waals surface area contributed by atoms with Crippen molar-refractivity contribution in [2.45, 2.75) is 25.5 Å². The maximum absolute atomic E-state index is 13.3. The molecule has 4 nitrogen and oxygen atoms in total. The van der Waals surface area contributed by atoms with Gasteiger partial charge in [0, 0.05) is 4.47 Å². The van der Waals surface area contributed by atoms with E-state index in [1.165, 1.54) is 0 Å². The summed E-state index contributed by atoms with van der Waals surface area (Å²) in [5.41, 5.74) is 4.05. The number of hydrogen-bond acceptors (Lipinski definition) is 3. The number of carbonyl (C=O) groups excluding carboxylic acids is 1. The summed E-state index contributed by atoms with van der Waals surface area (Å²) in [6.45, 7) is 0.241. The van der Waals surface area contributed by atoms with E-state index in [2.05, 4.69) is 22.0 Å². The van der Waals surface area contributed by atoms with Crippen LogP contribution in [0.4, 0.5) is 10.5 Å². The molecule has 0 bridgehead atoms. The van der Waals surface area contributed by atoms with Crippen LogP contribution in [-0.2, 0) is 17.8 Å². The van der Waals surface area contributed by atoms with Gasteiger partial charge in [-0.2, -0.15) is 0 Å². The number of anilines is 1. The topological polar surface area (TPSA) is 38.8 Å². The van der Waals surface area contributed by atoms with Gasteiger partial charge in [-0.1, -0.05) is 54.6 Å². The summed E-state index contributed by atoms with van der Waals surface area (Å²) < 4.78 is 11.9. The largest absolute Gasteiger partial charge is 0.497 e. The monoisotopic (exact) mass is 451 g/mol. The molecule has 0 spiro atoms. The number of nitrogens with zero attached hydrogens (tertiary/aromatic N) is 1. The molecule has 148 valence electrons. The maximum atomic E-state index is 13.3. The summed E-state index contributed by atoms with van der Waals surface area (Å²) >= 11 is 3.64. The first-order valence-corrected chi connectivity index (χ1v) is 10.4. The smallest absolute Gasteiger partial charge is 0.415 e. The molecule has 0 saturated carbocycles. The molecular weight excluding hydrogens is 430 g/mol. The fourth-order valence-corrected chi connectivity index (χ4v) is 4.36. The van der Waals surface area contributed by atoms with Crippen molar-refractivity contribution in [3.8, 4) is 5.75 Å². The predicted octanol–water partition coefficient (Wildman–Crippen LogP) is 6.29. The van der Waals surface area contributed by atoms with E-state index in [9.17, 15) is 4.79 Å². The van der Waals surface area contributed by atoms with Crippen molar-refractivity contribution >= 4 is 27.7 Å². The van der Waals surface area contributed by atoms with Crippen LogP contribution in [0.25, 0.3) is 0 Å². The summed E-state index contributed by atoms with van der Waals surface area (Å²) in [5, 5.41) is 0. The Labute approximate surface area is 179 Å². The van der Waals surface area contributed by atoms with Gasteiger partial charge >= 0.3 is 6.09 Å². The standard InChI is InChI=1S/C24H22BrNO3/c1-28-20-13-10-18(11-14-20)22-15-12-19-8-5-9-21(25)23(19)26(22)24(27)29-16-17-6-3-2-4-7-17/h2-11,13-14,22H,12,15-16H2,1H3. The molecule has 1 unspecified atom stereocenters. The van der Waals surface area contributed by atoms with Gasteiger partial charge in [-0.3, -0.25) is 4.90 Å². The Kier molecular flexibility index (Phi) is 5.86. The van der Waals surface area contributed by atoms with Crippen LogP contribution in [0.15, 0.2) is 77.3 Å². The SMILES string of the molecule is COc1ccc(C2CCc3cccc(Br)c3N2C(=O)OCc2ccccc2)cc1. The van der Waals surface area contributed by atoms with Crippen LogP contribution in [0.1, 0.15) is 29.2 Å². The number of methoxy groups -OCH3 is 1. The van der Waals surface area contributed by atoms with E-state index < -0.39 is 0 Å². The van der Waals surface area contributed by atoms with Gasteiger partial charge in [0.1, 0.15) is 12.4 Å². The molecule has 0 fully saturated rings. The van der Waals surface area contributed by atoms with Crippen molar-refractivity contribution in [1.29, 1.82) is 0 Å². The zero-order chi connectivity index (χ0) is 20.2. The van der Waals surface area contributed by atoms with E-state index in [0.29, 0.717) is 0 Å². The van der Waals surface area contributed by atoms with Gasteiger partial charge in [0.2, 0.25) is 0 Å². The highest BCUT2D eigenvalue weighted by Gasteiger charge is 2.34. The average molecular weight is 452 g/mol. The van der Waals surface area contributed by atoms with Crippen molar-refractivity contribution in [1.82, 2.24) is 0 Å². The summed E-state index contributed by atoms with van der Waals surface area (Å²) in [6.07, 6.45) is 1.38. The van der Waals surface area contributed by atoms with E-state index in [-0.39, 0.29) is 18.7 Å². The minimum atomic E-state index is -0.345. The van der Waals surface area contributed by atoms with Gasteiger partial charge in [0.25, 0.3) is 0 Å². The van der Waals surface area contributed by atoms with Crippen LogP contribution in [0.3, 0.4) is 0 Å². The lowest BCUT2D eigenvalue weighted by Gasteiger charge is -2.37. The summed E-state index contributed by atoms with van der Waals surface area (Å²) in [4.78, 5) is 15.0. The van der Waals surface area contributed by atoms with Crippen LogP contribution in [-0.4, -0.2) is 13.2 Å². The molecule has 1 aliphatic rings. The zero-order valence-electron chi connectivity index (χ0n) is 16.2. The van der Waals surface area contributed by atoms with Crippen molar-refractivity contribution in [2.24, 2.45) is 0 Å². The van der Waals surface area contributed by atoms with Gasteiger partial charge < -0.3 is 9.47 Å². The molecule has 29 heavy (non-hydrogen) atoms. The lowest BCUT2D eigenvalue weighted by molar-refractivity contribution is 0.143. The molecule has 0 N–H and O–H groups in total. The molecule has 1 amide bonds. The molecule has 0 aliphatic carbocycles. The zero-order valence-corrected chi connectivity index (χ0v) is 17.8. The number of halogens is 1. The quantitative estimate of drug-likeness (QED) is 0.467. The number of ether oxygens (including phenoxy) is 2. The predicted molar refractivity (Wildman–Crippen MR) is 117 cm³/mol. The minimum absolute atomic E-state index is 0.102. The number of rotatable bonds is 4. The number of amides is 1. The highest BCUT2D eigenvalue weighted by molar-refractivity contribution is 9.10. The number of aryl methyl sites for hydroxylation is 1. The van der Waals surface area contributed by atoms with Crippen molar-refractivity contribution in [3.05, 3.63) is 94.0 Å². The Hall–Kier alpha value is -2.79. The normalized spacial score (nSPS) is 15.5. The van der Waals surface area contributed by atoms with Crippen LogP contribution in [0, 0.1) is 0 Å². The molecule has 0 saturated heterocycles. The fourth-order valence-electron chi connectivity index (χ4n) is 3.76. The van der Waals surface area contributed by atoms with E-state index in [1.807, 2.05) is 66.7 Å². The molecule has 1 aliphatic heterocycles. The second kappa shape index (κ2) is 8.70. The maximum Gasteiger partial charge on any atom is 0.415 e. The van der Waals surface area contributed by atoms with Gasteiger partial charge in [-0.25, -0.2) is 4.79 Å². The third-order valence-corrected chi connectivity index (χ3v) is 5.85. The molecule has 3 aromatic rings. The Morgan fingerprint density at radius 1 is 1.03 bits per heavy atom. The number of para-hydroxylation sites is 1. The first kappa shape index (κ1) is 19.5. The molecule has 1 atom stereocenters. The first-order chi connectivity index (χ1) is 14.2. The fraction of sp³-hybridized carbons (Fsp3) is 0.208. The van der Waals surface area contributed by atoms with Crippen LogP contribution < -0.4 is 9.64 Å². The van der Waals surface area contributed by atoms with Gasteiger partial charge in [0.05, 0.1) is 18.8 Å². The second-order valence-corrected chi connectivity index (χ2v) is 7.84. The molecule has 3 aromatic carbocycles. The molecular formula is C24H22BrNO3. The Bertz CT molecular complexity index is 989. The lowest BCUT2D eigenvalue weighted by atomic mass is 9.91. The molecule has 0 radical (unpaired) electrons. The molecule has 0 aromatic heterocycles. The minimum Gasteiger partial charge on any atom is -0.497 e. The average Bonchev–Trinajstić information content (AvgIpc) is 2.78. The van der Waals surface area contributed by atoms with Crippen molar-refractivity contribution in [3.63, 3.8) is 0 Å². The second-order valence-electron chi connectivity index (χ2n) is 6.99. The van der Waals surface area contributed by atoms with E-state index in [1.54, 1.807) is 12.0 Å². The third-order valence-electron chi connectivity index (χ3n) is 5.21. The molecule has 5 heteroatoms. The number of carbonyl (C=O) groups is 1. The first-order valence-electron chi connectivity index (χ1n) is 9.58. The number of fused-ring (bicyclic) bond motifs is 1. The van der Waals surface area contributed by atoms with E-state index in [0.717, 1.165) is 45.4 Å². The summed E-state index contributed by atoms with van der Waals surface area (Å²) in [5.74, 6) is 0.796. The molecule has 4 rings (SSSR count). The number of benzene rings is 3. The van der Waals surface area contributed by atoms with E-state index in [4.69, 9.17) is 9.47 Å². The van der Waals surface area contributed by atoms with Gasteiger partial charge in [-0.15, -0.1) is 0 Å². The van der Waals surface area contributed by atoms with Gasteiger partial charge in [0.15, 0.2) is 0 Å². The Morgan fingerprint density at radius 2 is 1.79 bits per heavy atom. The lowest BCUT2D eigenvalue weighted by Crippen LogP contribution is -2.39. The molecule has 1 heterocycles.